The summed E-state index contributed by atoms with van der Waals surface area (Å²) in [6.07, 6.45) is 1.80. The van der Waals surface area contributed by atoms with Crippen LogP contribution in [0.3, 0.4) is 0 Å². The van der Waals surface area contributed by atoms with E-state index in [0.717, 1.165) is 18.1 Å². The fourth-order valence-corrected chi connectivity index (χ4v) is 2.26. The maximum Gasteiger partial charge on any atom is 0.101 e. The Labute approximate surface area is 108 Å². The van der Waals surface area contributed by atoms with Crippen molar-refractivity contribution in [2.45, 2.75) is 37.6 Å². The molecule has 2 N–H and O–H groups in total. The van der Waals surface area contributed by atoms with Crippen LogP contribution in [0.4, 0.5) is 0 Å². The Hall–Kier alpha value is -0.580. The molecule has 3 nitrogen and oxygen atoms in total. The Bertz CT molecular complexity index is 331. The second kappa shape index (κ2) is 7.69. The molecule has 0 amide bonds. The summed E-state index contributed by atoms with van der Waals surface area (Å²) in [5.41, 5.74) is 1.21. The van der Waals surface area contributed by atoms with E-state index in [2.05, 4.69) is 30.2 Å². The van der Waals surface area contributed by atoms with E-state index in [-0.39, 0.29) is 11.9 Å². The molecule has 0 saturated heterocycles. The van der Waals surface area contributed by atoms with Crippen LogP contribution >= 0.6 is 11.8 Å². The van der Waals surface area contributed by atoms with Crippen LogP contribution in [0, 0.1) is 5.92 Å². The molecule has 0 aliphatic heterocycles. The van der Waals surface area contributed by atoms with E-state index in [9.17, 15) is 0 Å². The molecule has 0 aromatic carbocycles. The van der Waals surface area contributed by atoms with E-state index in [4.69, 9.17) is 5.11 Å². The van der Waals surface area contributed by atoms with Crippen LogP contribution in [-0.4, -0.2) is 28.5 Å². The van der Waals surface area contributed by atoms with Gasteiger partial charge in [0, 0.05) is 18.0 Å². The highest BCUT2D eigenvalue weighted by Gasteiger charge is 2.08. The lowest BCUT2D eigenvalue weighted by molar-refractivity contribution is 0.300. The molecule has 0 fully saturated rings. The highest BCUT2D eigenvalue weighted by molar-refractivity contribution is 7.99. The molecule has 0 spiro atoms. The fraction of sp³-hybridized carbons (Fsp3) is 0.615. The molecule has 1 rings (SSSR count). The monoisotopic (exact) mass is 254 g/mol. The highest BCUT2D eigenvalue weighted by Crippen LogP contribution is 2.24. The second-order valence-corrected chi connectivity index (χ2v) is 6.03. The molecule has 96 valence electrons. The molecule has 1 atom stereocenters. The summed E-state index contributed by atoms with van der Waals surface area (Å²) >= 11 is 1.63. The van der Waals surface area contributed by atoms with E-state index >= 15 is 0 Å². The number of pyridine rings is 1. The highest BCUT2D eigenvalue weighted by atomic mass is 32.2. The zero-order valence-corrected chi connectivity index (χ0v) is 11.6. The van der Waals surface area contributed by atoms with E-state index in [1.807, 2.05) is 13.0 Å². The Morgan fingerprint density at radius 2 is 2.18 bits per heavy atom. The first-order valence-electron chi connectivity index (χ1n) is 6.05. The number of hydrogen-bond donors (Lipinski definition) is 2. The minimum Gasteiger partial charge on any atom is -0.395 e. The molecule has 0 aliphatic rings. The number of aliphatic hydroxyl groups is 1. The number of rotatable bonds is 7. The Morgan fingerprint density at radius 3 is 2.82 bits per heavy atom. The molecule has 0 aliphatic carbocycles. The van der Waals surface area contributed by atoms with Crippen molar-refractivity contribution in [1.29, 1.82) is 0 Å². The third-order valence-electron chi connectivity index (χ3n) is 2.29. The van der Waals surface area contributed by atoms with Crippen molar-refractivity contribution < 1.29 is 5.11 Å². The van der Waals surface area contributed by atoms with Crippen LogP contribution in [0.1, 0.15) is 26.3 Å². The average Bonchev–Trinajstić information content (AvgIpc) is 2.30. The van der Waals surface area contributed by atoms with Crippen LogP contribution in [0.2, 0.25) is 0 Å². The maximum absolute atomic E-state index is 9.07. The number of nitrogens with zero attached hydrogens (tertiary/aromatic N) is 1. The lowest BCUT2D eigenvalue weighted by Crippen LogP contribution is -2.19. The first-order valence-corrected chi connectivity index (χ1v) is 6.93. The van der Waals surface area contributed by atoms with Crippen molar-refractivity contribution in [3.8, 4) is 0 Å². The molecule has 4 heteroatoms. The maximum atomic E-state index is 9.07. The van der Waals surface area contributed by atoms with Gasteiger partial charge in [0.25, 0.3) is 0 Å². The smallest absolute Gasteiger partial charge is 0.101 e. The van der Waals surface area contributed by atoms with Crippen molar-refractivity contribution in [3.05, 3.63) is 23.9 Å². The number of hydrogen-bond acceptors (Lipinski definition) is 4. The summed E-state index contributed by atoms with van der Waals surface area (Å²) in [4.78, 5) is 4.38. The van der Waals surface area contributed by atoms with Crippen LogP contribution in [0.25, 0.3) is 0 Å². The Morgan fingerprint density at radius 1 is 1.41 bits per heavy atom. The minimum absolute atomic E-state index is 0.181. The molecule has 1 unspecified atom stereocenters. The molecule has 1 aromatic heterocycles. The van der Waals surface area contributed by atoms with Crippen LogP contribution < -0.4 is 5.32 Å². The van der Waals surface area contributed by atoms with Crippen LogP contribution in [0.15, 0.2) is 23.4 Å². The van der Waals surface area contributed by atoms with Gasteiger partial charge in [-0.1, -0.05) is 26.8 Å². The number of aliphatic hydroxyl groups excluding tert-OH is 1. The summed E-state index contributed by atoms with van der Waals surface area (Å²) in [7, 11) is 0. The van der Waals surface area contributed by atoms with Gasteiger partial charge in [-0.3, -0.25) is 0 Å². The largest absolute Gasteiger partial charge is 0.395 e. The van der Waals surface area contributed by atoms with E-state index in [1.54, 1.807) is 18.0 Å². The fourth-order valence-electron chi connectivity index (χ4n) is 1.39. The summed E-state index contributed by atoms with van der Waals surface area (Å²) in [5, 5.41) is 13.7. The second-order valence-electron chi connectivity index (χ2n) is 4.60. The molecule has 0 saturated carbocycles. The summed E-state index contributed by atoms with van der Waals surface area (Å²) in [6.45, 7) is 8.42. The lowest BCUT2D eigenvalue weighted by Gasteiger charge is -2.12. The van der Waals surface area contributed by atoms with Gasteiger partial charge < -0.3 is 10.4 Å². The summed E-state index contributed by atoms with van der Waals surface area (Å²) < 4.78 is 0. The van der Waals surface area contributed by atoms with Crippen molar-refractivity contribution in [2.75, 3.05) is 13.2 Å². The van der Waals surface area contributed by atoms with E-state index in [0.29, 0.717) is 5.92 Å². The predicted molar refractivity (Wildman–Crippen MR) is 73.2 cm³/mol. The van der Waals surface area contributed by atoms with Crippen LogP contribution in [0.5, 0.6) is 0 Å². The third kappa shape index (κ3) is 5.52. The van der Waals surface area contributed by atoms with Gasteiger partial charge in [0.05, 0.1) is 6.61 Å². The van der Waals surface area contributed by atoms with Crippen molar-refractivity contribution in [1.82, 2.24) is 10.3 Å². The normalized spacial score (nSPS) is 13.0. The van der Waals surface area contributed by atoms with E-state index < -0.39 is 0 Å². The quantitative estimate of drug-likeness (QED) is 0.733. The third-order valence-corrected chi connectivity index (χ3v) is 3.43. The number of thioether (sulfide) groups is 1. The SMILES string of the molecule is CC(C)CNCc1cccnc1SC(C)CO. The number of nitrogens with one attached hydrogen (secondary N) is 1. The van der Waals surface area contributed by atoms with E-state index in [1.165, 1.54) is 5.56 Å². The lowest BCUT2D eigenvalue weighted by atomic mass is 10.2. The molecule has 0 bridgehead atoms. The number of aromatic nitrogens is 1. The van der Waals surface area contributed by atoms with Crippen LogP contribution in [-0.2, 0) is 6.54 Å². The summed E-state index contributed by atoms with van der Waals surface area (Å²) in [6, 6.07) is 4.05. The zero-order chi connectivity index (χ0) is 12.7. The topological polar surface area (TPSA) is 45.2 Å². The van der Waals surface area contributed by atoms with Gasteiger partial charge in [-0.05, 0) is 24.1 Å². The zero-order valence-electron chi connectivity index (χ0n) is 10.8. The van der Waals surface area contributed by atoms with Crippen molar-refractivity contribution in [2.24, 2.45) is 5.92 Å². The molecular formula is C13H22N2OS. The first-order chi connectivity index (χ1) is 8.13. The Kier molecular flexibility index (Phi) is 6.55. The predicted octanol–water partition coefficient (Wildman–Crippen LogP) is 2.30. The van der Waals surface area contributed by atoms with Gasteiger partial charge in [0.15, 0.2) is 0 Å². The van der Waals surface area contributed by atoms with Gasteiger partial charge >= 0.3 is 0 Å². The van der Waals surface area contributed by atoms with Gasteiger partial charge in [-0.15, -0.1) is 11.8 Å². The van der Waals surface area contributed by atoms with Crippen molar-refractivity contribution >= 4 is 11.8 Å². The molecular weight excluding hydrogens is 232 g/mol. The molecule has 0 radical (unpaired) electrons. The van der Waals surface area contributed by atoms with Gasteiger partial charge in [-0.25, -0.2) is 4.98 Å². The standard InChI is InChI=1S/C13H22N2OS/c1-10(2)7-14-8-12-5-4-6-15-13(12)17-11(3)9-16/h4-6,10-11,14,16H,7-9H2,1-3H3. The van der Waals surface area contributed by atoms with Gasteiger partial charge in [0.2, 0.25) is 0 Å². The molecule has 17 heavy (non-hydrogen) atoms. The minimum atomic E-state index is 0.181. The summed E-state index contributed by atoms with van der Waals surface area (Å²) in [5.74, 6) is 0.652. The van der Waals surface area contributed by atoms with Gasteiger partial charge in [-0.2, -0.15) is 0 Å². The first kappa shape index (κ1) is 14.5. The molecule has 1 aromatic rings. The Balaban J connectivity index is 2.57. The van der Waals surface area contributed by atoms with Crippen molar-refractivity contribution in [3.63, 3.8) is 0 Å². The molecule has 1 heterocycles. The van der Waals surface area contributed by atoms with Gasteiger partial charge in [0.1, 0.15) is 5.03 Å². The average molecular weight is 254 g/mol.